The van der Waals surface area contributed by atoms with Gasteiger partial charge in [0.15, 0.2) is 0 Å². The molecule has 0 atom stereocenters. The van der Waals surface area contributed by atoms with Crippen molar-refractivity contribution in [1.82, 2.24) is 0 Å². The largest absolute Gasteiger partial charge is 0.373 e. The van der Waals surface area contributed by atoms with Crippen LogP contribution in [0, 0.1) is 27.7 Å². The first-order chi connectivity index (χ1) is 10.6. The summed E-state index contributed by atoms with van der Waals surface area (Å²) in [5.74, 6) is 0. The van der Waals surface area contributed by atoms with Gasteiger partial charge < -0.3 is 0 Å². The number of carbonyl (C=O) groups excluding carboxylic acids is 2. The molecule has 5 nitrogen and oxygen atoms in total. The van der Waals surface area contributed by atoms with Gasteiger partial charge in [-0.25, -0.2) is 0 Å². The molecule has 24 heavy (non-hydrogen) atoms. The lowest BCUT2D eigenvalue weighted by Gasteiger charge is -2.02. The summed E-state index contributed by atoms with van der Waals surface area (Å²) in [5, 5.41) is 0. The van der Waals surface area contributed by atoms with Crippen LogP contribution in [-0.4, -0.2) is 19.1 Å². The smallest absolute Gasteiger partial charge is 0.282 e. The molecule has 0 aliphatic rings. The Hall–Kier alpha value is -2.27. The molecule has 2 aromatic rings. The van der Waals surface area contributed by atoms with Crippen molar-refractivity contribution in [3.05, 3.63) is 64.7 Å². The molecule has 1 N–H and O–H groups in total. The van der Waals surface area contributed by atoms with Crippen molar-refractivity contribution in [2.75, 3.05) is 0 Å². The normalized spacial score (nSPS) is 9.21. The first kappa shape index (κ1) is 24.0. The zero-order chi connectivity index (χ0) is 18.0. The molecule has 0 radical (unpaired) electrons. The number of rotatable bonds is 1. The van der Waals surface area contributed by atoms with E-state index in [1.807, 2.05) is 0 Å². The molecular weight excluding hydrogens is 328 g/mol. The van der Waals surface area contributed by atoms with Gasteiger partial charge in [-0.15, -0.1) is 0 Å². The fourth-order valence-corrected chi connectivity index (χ4v) is 2.43. The molecule has 0 unspecified atom stereocenters. The minimum atomic E-state index is -4.06. The van der Waals surface area contributed by atoms with Gasteiger partial charge in [-0.2, -0.15) is 18.0 Å². The highest BCUT2D eigenvalue weighted by Gasteiger charge is 2.11. The molecule has 0 aromatic heterocycles. The number of aryl methyl sites for hydroxylation is 4. The molecule has 0 aliphatic carbocycles. The van der Waals surface area contributed by atoms with Gasteiger partial charge in [0.25, 0.3) is 10.1 Å². The van der Waals surface area contributed by atoms with Gasteiger partial charge in [-0.1, -0.05) is 55.0 Å². The summed E-state index contributed by atoms with van der Waals surface area (Å²) in [6.07, 6.45) is 0.250. The molecule has 2 aromatic carbocycles. The second-order valence-corrected chi connectivity index (χ2v) is 6.37. The second kappa shape index (κ2) is 11.3. The SMILES string of the molecule is C.Cc1ccc(C)c(S(=O)(=O)O)c1.Cc1ccc(C)cc1.O=C=O. The third-order valence-corrected chi connectivity index (χ3v) is 3.84. The maximum atomic E-state index is 10.8. The van der Waals surface area contributed by atoms with Crippen molar-refractivity contribution >= 4 is 16.3 Å². The third kappa shape index (κ3) is 9.69. The predicted octanol–water partition coefficient (Wildman–Crippen LogP) is 3.91. The second-order valence-electron chi connectivity index (χ2n) is 4.98. The fourth-order valence-electron chi connectivity index (χ4n) is 1.62. The highest BCUT2D eigenvalue weighted by atomic mass is 32.2. The van der Waals surface area contributed by atoms with E-state index >= 15 is 0 Å². The molecule has 0 fully saturated rings. The predicted molar refractivity (Wildman–Crippen MR) is 93.4 cm³/mol. The fraction of sp³-hybridized carbons (Fsp3) is 0.278. The summed E-state index contributed by atoms with van der Waals surface area (Å²) in [5.41, 5.74) is 4.03. The first-order valence-corrected chi connectivity index (χ1v) is 8.13. The van der Waals surface area contributed by atoms with Crippen molar-refractivity contribution in [3.8, 4) is 0 Å². The topological polar surface area (TPSA) is 88.5 Å². The number of benzene rings is 2. The molecule has 0 heterocycles. The summed E-state index contributed by atoms with van der Waals surface area (Å²) >= 11 is 0. The molecule has 0 aliphatic heterocycles. The Kier molecular flexibility index (Phi) is 11.3. The molecule has 0 saturated carbocycles. The lowest BCUT2D eigenvalue weighted by Crippen LogP contribution is -2.00. The van der Waals surface area contributed by atoms with E-state index < -0.39 is 10.1 Å². The molecule has 6 heteroatoms. The monoisotopic (exact) mass is 352 g/mol. The van der Waals surface area contributed by atoms with E-state index in [4.69, 9.17) is 14.1 Å². The van der Waals surface area contributed by atoms with Crippen LogP contribution < -0.4 is 0 Å². The van der Waals surface area contributed by atoms with Gasteiger partial charge in [0, 0.05) is 0 Å². The van der Waals surface area contributed by atoms with Crippen LogP contribution in [0.15, 0.2) is 47.4 Å². The van der Waals surface area contributed by atoms with E-state index in [1.165, 1.54) is 17.2 Å². The Balaban J connectivity index is 0. The van der Waals surface area contributed by atoms with E-state index in [0.717, 1.165) is 5.56 Å². The van der Waals surface area contributed by atoms with Crippen molar-refractivity contribution < 1.29 is 22.6 Å². The zero-order valence-electron chi connectivity index (χ0n) is 13.5. The molecule has 2 rings (SSSR count). The average molecular weight is 352 g/mol. The Morgan fingerprint density at radius 2 is 1.12 bits per heavy atom. The van der Waals surface area contributed by atoms with Crippen LogP contribution in [0.5, 0.6) is 0 Å². The number of hydrogen-bond donors (Lipinski definition) is 1. The van der Waals surface area contributed by atoms with Gasteiger partial charge in [0.05, 0.1) is 4.90 Å². The van der Waals surface area contributed by atoms with Crippen LogP contribution in [0.3, 0.4) is 0 Å². The third-order valence-electron chi connectivity index (χ3n) is 2.84. The van der Waals surface area contributed by atoms with E-state index in [-0.39, 0.29) is 18.5 Å². The Morgan fingerprint density at radius 3 is 1.42 bits per heavy atom. The summed E-state index contributed by atoms with van der Waals surface area (Å²) < 4.78 is 30.3. The Morgan fingerprint density at radius 1 is 0.792 bits per heavy atom. The molecule has 0 spiro atoms. The first-order valence-electron chi connectivity index (χ1n) is 6.69. The maximum absolute atomic E-state index is 10.8. The molecule has 0 bridgehead atoms. The minimum absolute atomic E-state index is 0. The number of hydrogen-bond acceptors (Lipinski definition) is 4. The van der Waals surface area contributed by atoms with Crippen molar-refractivity contribution in [1.29, 1.82) is 0 Å². The summed E-state index contributed by atoms with van der Waals surface area (Å²) in [6.45, 7) is 7.61. The van der Waals surface area contributed by atoms with Gasteiger partial charge in [0.2, 0.25) is 0 Å². The van der Waals surface area contributed by atoms with Crippen LogP contribution in [0.25, 0.3) is 0 Å². The van der Waals surface area contributed by atoms with E-state index in [0.29, 0.717) is 5.56 Å². The van der Waals surface area contributed by atoms with Crippen molar-refractivity contribution in [2.45, 2.75) is 40.0 Å². The van der Waals surface area contributed by atoms with Gasteiger partial charge in [-0.3, -0.25) is 4.55 Å². The van der Waals surface area contributed by atoms with Crippen LogP contribution in [0.1, 0.15) is 29.7 Å². The molecule has 0 amide bonds. The molecule has 0 saturated heterocycles. The highest BCUT2D eigenvalue weighted by molar-refractivity contribution is 7.85. The molecule has 132 valence electrons. The standard InChI is InChI=1S/C8H10O3S.C8H10.CO2.CH4/c1-6-3-4-7(2)8(5-6)12(9,10)11;1-7-3-5-8(2)6-4-7;2-1-3;/h3-5H,1-2H3,(H,9,10,11);3-6H,1-2H3;;1H4. The van der Waals surface area contributed by atoms with E-state index in [1.54, 1.807) is 26.0 Å². The Bertz CT molecular complexity index is 735. The van der Waals surface area contributed by atoms with Crippen LogP contribution in [0.4, 0.5) is 0 Å². The zero-order valence-corrected chi connectivity index (χ0v) is 14.3. The Labute approximate surface area is 144 Å². The van der Waals surface area contributed by atoms with Crippen LogP contribution >= 0.6 is 0 Å². The summed E-state index contributed by atoms with van der Waals surface area (Å²) in [4.78, 5) is 16.2. The maximum Gasteiger partial charge on any atom is 0.373 e. The van der Waals surface area contributed by atoms with Gasteiger partial charge in [-0.05, 0) is 44.9 Å². The summed E-state index contributed by atoms with van der Waals surface area (Å²) in [7, 11) is -4.06. The van der Waals surface area contributed by atoms with E-state index in [9.17, 15) is 8.42 Å². The van der Waals surface area contributed by atoms with Gasteiger partial charge >= 0.3 is 6.15 Å². The van der Waals surface area contributed by atoms with Gasteiger partial charge in [0.1, 0.15) is 0 Å². The quantitative estimate of drug-likeness (QED) is 0.786. The van der Waals surface area contributed by atoms with E-state index in [2.05, 4.69) is 38.1 Å². The van der Waals surface area contributed by atoms with Crippen LogP contribution in [0.2, 0.25) is 0 Å². The summed E-state index contributed by atoms with van der Waals surface area (Å²) in [6, 6.07) is 13.4. The average Bonchev–Trinajstić information content (AvgIpc) is 2.45. The van der Waals surface area contributed by atoms with Crippen molar-refractivity contribution in [2.24, 2.45) is 0 Å². The van der Waals surface area contributed by atoms with Crippen LogP contribution in [-0.2, 0) is 19.7 Å². The molecular formula is C18H24O5S. The minimum Gasteiger partial charge on any atom is -0.282 e. The lowest BCUT2D eigenvalue weighted by molar-refractivity contribution is -0.191. The highest BCUT2D eigenvalue weighted by Crippen LogP contribution is 2.15. The van der Waals surface area contributed by atoms with Crippen molar-refractivity contribution in [3.63, 3.8) is 0 Å². The lowest BCUT2D eigenvalue weighted by atomic mass is 10.2.